The van der Waals surface area contributed by atoms with E-state index in [0.717, 1.165) is 77.0 Å². The van der Waals surface area contributed by atoms with Gasteiger partial charge in [0.25, 0.3) is 0 Å². The van der Waals surface area contributed by atoms with Crippen LogP contribution in [-0.4, -0.2) is 76.4 Å². The van der Waals surface area contributed by atoms with Crippen molar-refractivity contribution in [2.75, 3.05) is 57.0 Å². The quantitative estimate of drug-likeness (QED) is 0.634. The zero-order valence-corrected chi connectivity index (χ0v) is 20.5. The molecule has 9 heteroatoms. The van der Waals surface area contributed by atoms with Crippen molar-refractivity contribution in [1.82, 2.24) is 9.96 Å². The Labute approximate surface area is 191 Å². The summed E-state index contributed by atoms with van der Waals surface area (Å²) in [6, 6.07) is 4.37. The first-order chi connectivity index (χ1) is 14.9. The van der Waals surface area contributed by atoms with E-state index in [9.17, 15) is 17.6 Å². The van der Waals surface area contributed by atoms with Gasteiger partial charge in [0.1, 0.15) is 10.7 Å². The van der Waals surface area contributed by atoms with Crippen molar-refractivity contribution in [2.45, 2.75) is 44.9 Å². The van der Waals surface area contributed by atoms with Gasteiger partial charge >= 0.3 is 5.97 Å². The highest BCUT2D eigenvalue weighted by atomic mass is 32.2. The van der Waals surface area contributed by atoms with Gasteiger partial charge in [-0.3, -0.25) is 4.90 Å². The number of hydrogen-bond donors (Lipinski definition) is 0. The Bertz CT molecular complexity index is 900. The average molecular weight is 470 g/mol. The minimum absolute atomic E-state index is 0.181. The van der Waals surface area contributed by atoms with Gasteiger partial charge in [0, 0.05) is 51.2 Å². The molecule has 0 unspecified atom stereocenters. The Morgan fingerprint density at radius 1 is 1.09 bits per heavy atom. The fourth-order valence-corrected chi connectivity index (χ4v) is 4.85. The molecule has 180 valence electrons. The van der Waals surface area contributed by atoms with Crippen molar-refractivity contribution >= 4 is 21.5 Å². The third kappa shape index (κ3) is 6.65. The summed E-state index contributed by atoms with van der Waals surface area (Å²) in [6.45, 7) is 11.6. The first kappa shape index (κ1) is 24.9. The average Bonchev–Trinajstić information content (AvgIpc) is 2.72. The first-order valence-corrected chi connectivity index (χ1v) is 13.3. The number of carbonyl (C=O) groups excluding carboxylic acids is 1. The molecule has 0 saturated carbocycles. The van der Waals surface area contributed by atoms with Crippen LogP contribution in [0.5, 0.6) is 0 Å². The SMILES string of the molecule is CC(C)(C)C(=O)ON1CCC(CCN2CCN(c3ccc(S(C)(=O)=O)c(F)c3)CC2)CC1. The molecule has 0 N–H and O–H groups in total. The van der Waals surface area contributed by atoms with Crippen LogP contribution in [0.25, 0.3) is 0 Å². The maximum atomic E-state index is 14.2. The number of halogens is 1. The summed E-state index contributed by atoms with van der Waals surface area (Å²) in [7, 11) is -3.55. The highest BCUT2D eigenvalue weighted by Crippen LogP contribution is 2.25. The second kappa shape index (κ2) is 10.1. The molecule has 0 aromatic heterocycles. The van der Waals surface area contributed by atoms with E-state index in [1.165, 1.54) is 12.1 Å². The molecular formula is C23H36FN3O4S. The minimum atomic E-state index is -3.55. The lowest BCUT2D eigenvalue weighted by atomic mass is 9.94. The summed E-state index contributed by atoms with van der Waals surface area (Å²) in [6.07, 6.45) is 4.21. The van der Waals surface area contributed by atoms with Crippen molar-refractivity contribution in [3.8, 4) is 0 Å². The molecule has 2 fully saturated rings. The standard InChI is InChI=1S/C23H36FN3O4S/c1-23(2,3)22(28)31-27-11-8-18(9-12-27)7-10-25-13-15-26(16-14-25)19-5-6-21(20(24)17-19)32(4,29)30/h5-6,17-18H,7-16H2,1-4H3. The lowest BCUT2D eigenvalue weighted by molar-refractivity contribution is -0.206. The number of nitrogens with zero attached hydrogens (tertiary/aromatic N) is 3. The van der Waals surface area contributed by atoms with Gasteiger partial charge < -0.3 is 9.74 Å². The molecule has 0 radical (unpaired) electrons. The van der Waals surface area contributed by atoms with Crippen LogP contribution in [-0.2, 0) is 19.5 Å². The Balaban J connectivity index is 1.39. The molecule has 2 heterocycles. The highest BCUT2D eigenvalue weighted by Gasteiger charge is 2.29. The van der Waals surface area contributed by atoms with Crippen LogP contribution in [0.3, 0.4) is 0 Å². The van der Waals surface area contributed by atoms with Crippen LogP contribution in [0.15, 0.2) is 23.1 Å². The van der Waals surface area contributed by atoms with Gasteiger partial charge in [-0.2, -0.15) is 0 Å². The third-order valence-corrected chi connectivity index (χ3v) is 7.43. The fraction of sp³-hybridized carbons (Fsp3) is 0.696. The van der Waals surface area contributed by atoms with E-state index in [2.05, 4.69) is 9.80 Å². The van der Waals surface area contributed by atoms with Crippen LogP contribution in [0, 0.1) is 17.2 Å². The van der Waals surface area contributed by atoms with Gasteiger partial charge in [-0.05, 0) is 70.7 Å². The van der Waals surface area contributed by atoms with E-state index in [-0.39, 0.29) is 10.9 Å². The number of sulfone groups is 1. The van der Waals surface area contributed by atoms with Crippen molar-refractivity contribution in [3.63, 3.8) is 0 Å². The number of benzene rings is 1. The smallest absolute Gasteiger partial charge is 0.330 e. The molecular weight excluding hydrogens is 433 g/mol. The maximum Gasteiger partial charge on any atom is 0.330 e. The molecule has 2 saturated heterocycles. The summed E-state index contributed by atoms with van der Waals surface area (Å²) in [5.41, 5.74) is 0.243. The van der Waals surface area contributed by atoms with Gasteiger partial charge in [-0.15, -0.1) is 5.06 Å². The summed E-state index contributed by atoms with van der Waals surface area (Å²) in [4.78, 5) is 21.8. The normalized spacial score (nSPS) is 19.8. The lowest BCUT2D eigenvalue weighted by Crippen LogP contribution is -2.47. The van der Waals surface area contributed by atoms with Crippen LogP contribution in [0.4, 0.5) is 10.1 Å². The number of hydrogen-bond acceptors (Lipinski definition) is 7. The highest BCUT2D eigenvalue weighted by molar-refractivity contribution is 7.90. The van der Waals surface area contributed by atoms with Crippen LogP contribution in [0.1, 0.15) is 40.0 Å². The summed E-state index contributed by atoms with van der Waals surface area (Å²) < 4.78 is 37.4. The molecule has 0 atom stereocenters. The Morgan fingerprint density at radius 2 is 1.72 bits per heavy atom. The summed E-state index contributed by atoms with van der Waals surface area (Å²) >= 11 is 0. The zero-order valence-electron chi connectivity index (χ0n) is 19.6. The van der Waals surface area contributed by atoms with Crippen molar-refractivity contribution < 1.29 is 22.4 Å². The monoisotopic (exact) mass is 469 g/mol. The van der Waals surface area contributed by atoms with Crippen LogP contribution >= 0.6 is 0 Å². The number of piperidine rings is 1. The predicted octanol–water partition coefficient (Wildman–Crippen LogP) is 2.96. The molecule has 0 bridgehead atoms. The largest absolute Gasteiger partial charge is 0.369 e. The van der Waals surface area contributed by atoms with Crippen molar-refractivity contribution in [3.05, 3.63) is 24.0 Å². The lowest BCUT2D eigenvalue weighted by Gasteiger charge is -2.37. The van der Waals surface area contributed by atoms with E-state index in [1.807, 2.05) is 20.8 Å². The summed E-state index contributed by atoms with van der Waals surface area (Å²) in [5, 5.41) is 1.80. The van der Waals surface area contributed by atoms with Crippen molar-refractivity contribution in [1.29, 1.82) is 0 Å². The molecule has 2 aliphatic rings. The second-order valence-electron chi connectivity index (χ2n) is 10.0. The molecule has 7 nitrogen and oxygen atoms in total. The van der Waals surface area contributed by atoms with Crippen LogP contribution < -0.4 is 4.90 Å². The molecule has 1 aromatic rings. The zero-order chi connectivity index (χ0) is 23.5. The van der Waals surface area contributed by atoms with Gasteiger partial charge in [0.05, 0.1) is 5.41 Å². The molecule has 0 spiro atoms. The number of hydroxylamine groups is 2. The van der Waals surface area contributed by atoms with E-state index in [0.29, 0.717) is 5.92 Å². The molecule has 32 heavy (non-hydrogen) atoms. The van der Waals surface area contributed by atoms with E-state index in [4.69, 9.17) is 4.84 Å². The van der Waals surface area contributed by atoms with E-state index >= 15 is 0 Å². The Kier molecular flexibility index (Phi) is 7.83. The van der Waals surface area contributed by atoms with Gasteiger partial charge in [-0.1, -0.05) is 0 Å². The molecule has 2 aliphatic heterocycles. The van der Waals surface area contributed by atoms with Gasteiger partial charge in [0.2, 0.25) is 0 Å². The van der Waals surface area contributed by atoms with Crippen molar-refractivity contribution in [2.24, 2.45) is 11.3 Å². The molecule has 3 rings (SSSR count). The summed E-state index contributed by atoms with van der Waals surface area (Å²) in [5.74, 6) is -0.234. The van der Waals surface area contributed by atoms with Gasteiger partial charge in [-0.25, -0.2) is 17.6 Å². The Hall–Kier alpha value is -1.71. The second-order valence-corrected chi connectivity index (χ2v) is 12.0. The number of anilines is 1. The Morgan fingerprint density at radius 3 is 2.25 bits per heavy atom. The maximum absolute atomic E-state index is 14.2. The molecule has 1 aromatic carbocycles. The third-order valence-electron chi connectivity index (χ3n) is 6.30. The van der Waals surface area contributed by atoms with E-state index < -0.39 is 21.1 Å². The number of rotatable bonds is 6. The van der Waals surface area contributed by atoms with Crippen LogP contribution in [0.2, 0.25) is 0 Å². The minimum Gasteiger partial charge on any atom is -0.369 e. The number of piperazine rings is 1. The number of carbonyl (C=O) groups is 1. The van der Waals surface area contributed by atoms with E-state index in [1.54, 1.807) is 11.1 Å². The molecule has 0 aliphatic carbocycles. The molecule has 0 amide bonds. The first-order valence-electron chi connectivity index (χ1n) is 11.4. The van der Waals surface area contributed by atoms with Gasteiger partial charge in [0.15, 0.2) is 9.84 Å². The predicted molar refractivity (Wildman–Crippen MR) is 123 cm³/mol. The topological polar surface area (TPSA) is 70.2 Å². The fourth-order valence-electron chi connectivity index (χ4n) is 4.13.